The molecule has 1 aromatic carbocycles. The van der Waals surface area contributed by atoms with Gasteiger partial charge >= 0.3 is 0 Å². The molecule has 142 valence electrons. The third-order valence-electron chi connectivity index (χ3n) is 4.97. The Hall–Kier alpha value is -1.53. The molecule has 2 aliphatic rings. The number of carbonyl (C=O) groups excluding carboxylic acids is 2. The molecule has 0 spiro atoms. The molecule has 2 amide bonds. The third-order valence-corrected chi connectivity index (χ3v) is 5.95. The Morgan fingerprint density at radius 3 is 2.58 bits per heavy atom. The minimum absolute atomic E-state index is 0.0620. The van der Waals surface area contributed by atoms with E-state index in [2.05, 4.69) is 28.4 Å². The lowest BCUT2D eigenvalue weighted by atomic mass is 10.1. The Bertz CT molecular complexity index is 654. The average Bonchev–Trinajstić information content (AvgIpc) is 3.07. The lowest BCUT2D eigenvalue weighted by Crippen LogP contribution is -2.51. The van der Waals surface area contributed by atoms with E-state index in [0.717, 1.165) is 13.1 Å². The largest absolute Gasteiger partial charge is 0.353 e. The summed E-state index contributed by atoms with van der Waals surface area (Å²) in [4.78, 5) is 29.6. The van der Waals surface area contributed by atoms with E-state index in [9.17, 15) is 9.59 Å². The van der Waals surface area contributed by atoms with Crippen molar-refractivity contribution in [2.24, 2.45) is 0 Å². The van der Waals surface area contributed by atoms with Crippen LogP contribution in [0.5, 0.6) is 0 Å². The third kappa shape index (κ3) is 5.24. The lowest BCUT2D eigenvalue weighted by Gasteiger charge is -2.34. The quantitative estimate of drug-likeness (QED) is 0.772. The Balaban J connectivity index is 1.40. The fraction of sp³-hybridized carbons (Fsp3) is 0.600. The van der Waals surface area contributed by atoms with E-state index in [1.54, 1.807) is 11.8 Å². The molecule has 0 bridgehead atoms. The van der Waals surface area contributed by atoms with Crippen LogP contribution in [0.15, 0.2) is 23.1 Å². The summed E-state index contributed by atoms with van der Waals surface area (Å²) < 4.78 is 0. The Kier molecular flexibility index (Phi) is 6.59. The number of amides is 2. The molecule has 0 radical (unpaired) electrons. The molecular formula is C20H29N3O2S. The molecule has 3 rings (SSSR count). The van der Waals surface area contributed by atoms with Gasteiger partial charge in [-0.05, 0) is 56.4 Å². The van der Waals surface area contributed by atoms with E-state index in [-0.39, 0.29) is 17.9 Å². The zero-order valence-electron chi connectivity index (χ0n) is 15.8. The van der Waals surface area contributed by atoms with Gasteiger partial charge in [-0.25, -0.2) is 0 Å². The predicted octanol–water partition coefficient (Wildman–Crippen LogP) is 1.94. The summed E-state index contributed by atoms with van der Waals surface area (Å²) in [6, 6.07) is 6.79. The average molecular weight is 376 g/mol. The first-order valence-corrected chi connectivity index (χ1v) is 10.5. The van der Waals surface area contributed by atoms with Crippen LogP contribution < -0.4 is 5.32 Å². The van der Waals surface area contributed by atoms with Crippen LogP contribution in [-0.4, -0.2) is 66.1 Å². The lowest BCUT2D eigenvalue weighted by molar-refractivity contribution is -0.130. The Labute approximate surface area is 160 Å². The van der Waals surface area contributed by atoms with Gasteiger partial charge < -0.3 is 10.2 Å². The van der Waals surface area contributed by atoms with Crippen LogP contribution in [-0.2, 0) is 22.4 Å². The predicted molar refractivity (Wildman–Crippen MR) is 105 cm³/mol. The molecule has 1 aliphatic heterocycles. The number of aryl methyl sites for hydroxylation is 2. The molecule has 1 aromatic rings. The highest BCUT2D eigenvalue weighted by Crippen LogP contribution is 2.27. The van der Waals surface area contributed by atoms with Crippen molar-refractivity contribution in [1.82, 2.24) is 15.1 Å². The fourth-order valence-corrected chi connectivity index (χ4v) is 4.46. The maximum Gasteiger partial charge on any atom is 0.234 e. The van der Waals surface area contributed by atoms with Crippen molar-refractivity contribution in [3.8, 4) is 0 Å². The van der Waals surface area contributed by atoms with Gasteiger partial charge in [0.2, 0.25) is 11.8 Å². The topological polar surface area (TPSA) is 52.7 Å². The highest BCUT2D eigenvalue weighted by Gasteiger charge is 2.22. The maximum atomic E-state index is 12.5. The fourth-order valence-electron chi connectivity index (χ4n) is 3.60. The van der Waals surface area contributed by atoms with Crippen molar-refractivity contribution in [2.45, 2.75) is 44.0 Å². The summed E-state index contributed by atoms with van der Waals surface area (Å²) in [6.07, 6.45) is 3.62. The number of hydrogen-bond donors (Lipinski definition) is 1. The summed E-state index contributed by atoms with van der Waals surface area (Å²) in [7, 11) is 0. The number of hydrogen-bond acceptors (Lipinski definition) is 4. The number of nitrogens with one attached hydrogen (secondary N) is 1. The van der Waals surface area contributed by atoms with E-state index >= 15 is 0 Å². The van der Waals surface area contributed by atoms with Crippen LogP contribution >= 0.6 is 11.8 Å². The van der Waals surface area contributed by atoms with Crippen LogP contribution in [0.2, 0.25) is 0 Å². The van der Waals surface area contributed by atoms with E-state index in [1.165, 1.54) is 35.3 Å². The molecule has 1 N–H and O–H groups in total. The van der Waals surface area contributed by atoms with Gasteiger partial charge in [0, 0.05) is 37.1 Å². The first-order chi connectivity index (χ1) is 12.5. The zero-order valence-corrected chi connectivity index (χ0v) is 16.6. The van der Waals surface area contributed by atoms with Gasteiger partial charge in [0.05, 0.1) is 12.3 Å². The van der Waals surface area contributed by atoms with E-state index in [1.807, 2.05) is 18.7 Å². The molecule has 0 saturated carbocycles. The summed E-state index contributed by atoms with van der Waals surface area (Å²) in [5, 5.41) is 2.92. The molecule has 0 aromatic heterocycles. The highest BCUT2D eigenvalue weighted by atomic mass is 32.2. The van der Waals surface area contributed by atoms with Gasteiger partial charge in [-0.2, -0.15) is 0 Å². The second kappa shape index (κ2) is 8.91. The Morgan fingerprint density at radius 2 is 1.85 bits per heavy atom. The number of benzene rings is 1. The van der Waals surface area contributed by atoms with Gasteiger partial charge in [0.15, 0.2) is 0 Å². The first-order valence-electron chi connectivity index (χ1n) is 9.55. The van der Waals surface area contributed by atoms with Gasteiger partial charge in [0.25, 0.3) is 0 Å². The highest BCUT2D eigenvalue weighted by molar-refractivity contribution is 8.00. The summed E-state index contributed by atoms with van der Waals surface area (Å²) in [5.41, 5.74) is 2.93. The number of piperazine rings is 1. The van der Waals surface area contributed by atoms with Crippen molar-refractivity contribution < 1.29 is 9.59 Å². The smallest absolute Gasteiger partial charge is 0.234 e. The van der Waals surface area contributed by atoms with Crippen LogP contribution in [0.1, 0.15) is 31.4 Å². The molecule has 6 heteroatoms. The molecule has 0 atom stereocenters. The first kappa shape index (κ1) is 19.2. The molecule has 26 heavy (non-hydrogen) atoms. The number of rotatable bonds is 6. The standard InChI is InChI=1S/C20H29N3O2S/c1-15(2)21-19(24)13-22-8-10-23(11-9-22)20(25)14-26-18-7-6-16-4-3-5-17(16)12-18/h6-7,12,15H,3-5,8-11,13-14H2,1-2H3,(H,21,24). The van der Waals surface area contributed by atoms with Gasteiger partial charge in [-0.3, -0.25) is 14.5 Å². The van der Waals surface area contributed by atoms with Gasteiger partial charge in [-0.15, -0.1) is 11.8 Å². The van der Waals surface area contributed by atoms with Crippen molar-refractivity contribution in [2.75, 3.05) is 38.5 Å². The van der Waals surface area contributed by atoms with Crippen LogP contribution in [0, 0.1) is 0 Å². The van der Waals surface area contributed by atoms with Crippen molar-refractivity contribution >= 4 is 23.6 Å². The normalized spacial score (nSPS) is 17.4. The number of thioether (sulfide) groups is 1. The molecule has 5 nitrogen and oxygen atoms in total. The van der Waals surface area contributed by atoms with E-state index in [4.69, 9.17) is 0 Å². The minimum Gasteiger partial charge on any atom is -0.353 e. The van der Waals surface area contributed by atoms with Crippen molar-refractivity contribution in [3.63, 3.8) is 0 Å². The van der Waals surface area contributed by atoms with Crippen LogP contribution in [0.25, 0.3) is 0 Å². The molecule has 1 saturated heterocycles. The number of fused-ring (bicyclic) bond motifs is 1. The summed E-state index contributed by atoms with van der Waals surface area (Å²) in [5.74, 6) is 0.751. The van der Waals surface area contributed by atoms with E-state index < -0.39 is 0 Å². The maximum absolute atomic E-state index is 12.5. The number of nitrogens with zero attached hydrogens (tertiary/aromatic N) is 2. The van der Waals surface area contributed by atoms with Crippen molar-refractivity contribution in [1.29, 1.82) is 0 Å². The molecule has 1 aliphatic carbocycles. The monoisotopic (exact) mass is 375 g/mol. The zero-order chi connectivity index (χ0) is 18.5. The van der Waals surface area contributed by atoms with Crippen LogP contribution in [0.3, 0.4) is 0 Å². The molecular weight excluding hydrogens is 346 g/mol. The van der Waals surface area contributed by atoms with Crippen LogP contribution in [0.4, 0.5) is 0 Å². The number of carbonyl (C=O) groups is 2. The minimum atomic E-state index is 0.0620. The van der Waals surface area contributed by atoms with E-state index in [0.29, 0.717) is 25.4 Å². The Morgan fingerprint density at radius 1 is 1.12 bits per heavy atom. The van der Waals surface area contributed by atoms with Gasteiger partial charge in [0.1, 0.15) is 0 Å². The van der Waals surface area contributed by atoms with Gasteiger partial charge in [-0.1, -0.05) is 6.07 Å². The summed E-state index contributed by atoms with van der Waals surface area (Å²) in [6.45, 7) is 7.29. The molecule has 1 heterocycles. The second-order valence-electron chi connectivity index (χ2n) is 7.45. The van der Waals surface area contributed by atoms with Crippen molar-refractivity contribution in [3.05, 3.63) is 29.3 Å². The summed E-state index contributed by atoms with van der Waals surface area (Å²) >= 11 is 1.64. The second-order valence-corrected chi connectivity index (χ2v) is 8.50. The molecule has 1 fully saturated rings. The SMILES string of the molecule is CC(C)NC(=O)CN1CCN(C(=O)CSc2ccc3c(c2)CCC3)CC1. The molecule has 0 unspecified atom stereocenters.